The van der Waals surface area contributed by atoms with Gasteiger partial charge >= 0.3 is 0 Å². The molecule has 2 amide bonds. The highest BCUT2D eigenvalue weighted by atomic mass is 16.2. The van der Waals surface area contributed by atoms with E-state index >= 15 is 0 Å². The summed E-state index contributed by atoms with van der Waals surface area (Å²) in [5, 5.41) is 0. The van der Waals surface area contributed by atoms with E-state index in [1.807, 2.05) is 13.8 Å². The first-order valence-electron chi connectivity index (χ1n) is 10.1. The number of nitrogens with zero attached hydrogens (tertiary/aromatic N) is 1. The summed E-state index contributed by atoms with van der Waals surface area (Å²) in [6.45, 7) is 12.8. The second kappa shape index (κ2) is 9.58. The standard InChI is InChI=1S/C21H39NO2/c1-7-9-11-13-17(12-10-8-2)18-14-19(23)22(20(18)24)21(5,6)15-16(3)4/h16-18H,7-15H2,1-6H3. The molecule has 3 nitrogen and oxygen atoms in total. The van der Waals surface area contributed by atoms with Crippen LogP contribution in [0, 0.1) is 17.8 Å². The van der Waals surface area contributed by atoms with Crippen LogP contribution in [0.2, 0.25) is 0 Å². The van der Waals surface area contributed by atoms with E-state index in [0.717, 1.165) is 32.1 Å². The van der Waals surface area contributed by atoms with Crippen molar-refractivity contribution in [3.63, 3.8) is 0 Å². The number of amides is 2. The predicted octanol–water partition coefficient (Wildman–Crippen LogP) is 5.57. The Labute approximate surface area is 149 Å². The lowest BCUT2D eigenvalue weighted by Gasteiger charge is -2.36. The Hall–Kier alpha value is -0.860. The van der Waals surface area contributed by atoms with E-state index in [1.165, 1.54) is 19.3 Å². The second-order valence-electron chi connectivity index (χ2n) is 8.69. The first-order chi connectivity index (χ1) is 11.2. The lowest BCUT2D eigenvalue weighted by Crippen LogP contribution is -2.49. The Bertz CT molecular complexity index is 414. The summed E-state index contributed by atoms with van der Waals surface area (Å²) < 4.78 is 0. The minimum Gasteiger partial charge on any atom is -0.277 e. The molecule has 2 unspecified atom stereocenters. The fourth-order valence-corrected chi connectivity index (χ4v) is 4.42. The summed E-state index contributed by atoms with van der Waals surface area (Å²) in [7, 11) is 0. The molecular weight excluding hydrogens is 298 g/mol. The van der Waals surface area contributed by atoms with Crippen molar-refractivity contribution in [1.29, 1.82) is 0 Å². The van der Waals surface area contributed by atoms with Gasteiger partial charge in [0.2, 0.25) is 11.8 Å². The van der Waals surface area contributed by atoms with Crippen molar-refractivity contribution in [3.05, 3.63) is 0 Å². The van der Waals surface area contributed by atoms with Crippen LogP contribution < -0.4 is 0 Å². The number of imide groups is 1. The number of hydrogen-bond acceptors (Lipinski definition) is 2. The number of hydrogen-bond donors (Lipinski definition) is 0. The molecule has 140 valence electrons. The molecule has 1 fully saturated rings. The van der Waals surface area contributed by atoms with Gasteiger partial charge in [-0.3, -0.25) is 14.5 Å². The van der Waals surface area contributed by atoms with Gasteiger partial charge in [0.05, 0.1) is 5.92 Å². The van der Waals surface area contributed by atoms with E-state index in [2.05, 4.69) is 27.7 Å². The van der Waals surface area contributed by atoms with Crippen molar-refractivity contribution in [3.8, 4) is 0 Å². The number of rotatable bonds is 11. The van der Waals surface area contributed by atoms with Crippen LogP contribution in [0.1, 0.15) is 99.3 Å². The number of carbonyl (C=O) groups is 2. The molecule has 1 heterocycles. The van der Waals surface area contributed by atoms with Crippen LogP contribution in [0.4, 0.5) is 0 Å². The van der Waals surface area contributed by atoms with E-state index in [-0.39, 0.29) is 23.3 Å². The maximum absolute atomic E-state index is 13.1. The molecule has 0 spiro atoms. The molecule has 2 atom stereocenters. The van der Waals surface area contributed by atoms with Crippen LogP contribution in [0.5, 0.6) is 0 Å². The zero-order valence-electron chi connectivity index (χ0n) is 16.9. The minimum atomic E-state index is -0.365. The van der Waals surface area contributed by atoms with Gasteiger partial charge in [-0.1, -0.05) is 59.8 Å². The summed E-state index contributed by atoms with van der Waals surface area (Å²) in [5.41, 5.74) is -0.365. The average molecular weight is 338 g/mol. The van der Waals surface area contributed by atoms with Crippen LogP contribution in [0.15, 0.2) is 0 Å². The lowest BCUT2D eigenvalue weighted by molar-refractivity contribution is -0.146. The van der Waals surface area contributed by atoms with E-state index < -0.39 is 0 Å². The zero-order chi connectivity index (χ0) is 18.3. The van der Waals surface area contributed by atoms with Gasteiger partial charge < -0.3 is 0 Å². The highest BCUT2D eigenvalue weighted by Crippen LogP contribution is 2.38. The molecule has 1 aliphatic rings. The monoisotopic (exact) mass is 337 g/mol. The fraction of sp³-hybridized carbons (Fsp3) is 0.905. The van der Waals surface area contributed by atoms with Gasteiger partial charge in [0, 0.05) is 12.0 Å². The van der Waals surface area contributed by atoms with E-state index in [9.17, 15) is 9.59 Å². The third kappa shape index (κ3) is 5.60. The Morgan fingerprint density at radius 3 is 2.17 bits per heavy atom. The van der Waals surface area contributed by atoms with Gasteiger partial charge in [-0.15, -0.1) is 0 Å². The zero-order valence-corrected chi connectivity index (χ0v) is 16.9. The molecule has 1 rings (SSSR count). The maximum Gasteiger partial charge on any atom is 0.233 e. The summed E-state index contributed by atoms with van der Waals surface area (Å²) >= 11 is 0. The third-order valence-electron chi connectivity index (χ3n) is 5.37. The van der Waals surface area contributed by atoms with Crippen LogP contribution in [0.25, 0.3) is 0 Å². The van der Waals surface area contributed by atoms with Crippen molar-refractivity contribution in [1.82, 2.24) is 4.90 Å². The van der Waals surface area contributed by atoms with Gasteiger partial charge in [-0.25, -0.2) is 0 Å². The van der Waals surface area contributed by atoms with Crippen LogP contribution in [0.3, 0.4) is 0 Å². The molecule has 0 aromatic rings. The second-order valence-corrected chi connectivity index (χ2v) is 8.69. The van der Waals surface area contributed by atoms with E-state index in [1.54, 1.807) is 4.90 Å². The summed E-state index contributed by atoms with van der Waals surface area (Å²) in [4.78, 5) is 27.3. The molecule has 0 saturated carbocycles. The largest absolute Gasteiger partial charge is 0.277 e. The highest BCUT2D eigenvalue weighted by molar-refractivity contribution is 6.04. The Morgan fingerprint density at radius 1 is 1.04 bits per heavy atom. The smallest absolute Gasteiger partial charge is 0.233 e. The van der Waals surface area contributed by atoms with E-state index in [0.29, 0.717) is 18.3 Å². The van der Waals surface area contributed by atoms with Crippen molar-refractivity contribution in [2.45, 2.75) is 105 Å². The Kier molecular flexibility index (Phi) is 8.45. The Morgan fingerprint density at radius 2 is 1.62 bits per heavy atom. The average Bonchev–Trinajstić information content (AvgIpc) is 2.77. The first-order valence-corrected chi connectivity index (χ1v) is 10.1. The minimum absolute atomic E-state index is 0.0487. The number of likely N-dealkylation sites (tertiary alicyclic amines) is 1. The quantitative estimate of drug-likeness (QED) is 0.365. The van der Waals surface area contributed by atoms with Gasteiger partial charge in [-0.05, 0) is 44.9 Å². The van der Waals surface area contributed by atoms with Gasteiger partial charge in [0.15, 0.2) is 0 Å². The van der Waals surface area contributed by atoms with Crippen molar-refractivity contribution in [2.24, 2.45) is 17.8 Å². The molecule has 0 aliphatic carbocycles. The van der Waals surface area contributed by atoms with Crippen LogP contribution >= 0.6 is 0 Å². The molecule has 1 aliphatic heterocycles. The molecule has 0 aromatic carbocycles. The molecule has 0 N–H and O–H groups in total. The van der Waals surface area contributed by atoms with E-state index in [4.69, 9.17) is 0 Å². The van der Waals surface area contributed by atoms with Gasteiger partial charge in [-0.2, -0.15) is 0 Å². The maximum atomic E-state index is 13.1. The van der Waals surface area contributed by atoms with Crippen LogP contribution in [-0.2, 0) is 9.59 Å². The fourth-order valence-electron chi connectivity index (χ4n) is 4.42. The summed E-state index contributed by atoms with van der Waals surface area (Å²) in [5.74, 6) is 0.927. The van der Waals surface area contributed by atoms with Gasteiger partial charge in [0.1, 0.15) is 0 Å². The van der Waals surface area contributed by atoms with Crippen molar-refractivity contribution >= 4 is 11.8 Å². The SMILES string of the molecule is CCCCCC(CCCC)C1CC(=O)N(C(C)(C)CC(C)C)C1=O. The normalized spacial score (nSPS) is 20.3. The topological polar surface area (TPSA) is 37.4 Å². The lowest BCUT2D eigenvalue weighted by atomic mass is 9.82. The summed E-state index contributed by atoms with van der Waals surface area (Å²) in [6.07, 6.45) is 9.39. The molecule has 1 saturated heterocycles. The molecule has 0 radical (unpaired) electrons. The van der Waals surface area contributed by atoms with Crippen molar-refractivity contribution in [2.75, 3.05) is 0 Å². The van der Waals surface area contributed by atoms with Gasteiger partial charge in [0.25, 0.3) is 0 Å². The van der Waals surface area contributed by atoms with Crippen LogP contribution in [-0.4, -0.2) is 22.3 Å². The molecule has 3 heteroatoms. The Balaban J connectivity index is 2.86. The molecule has 0 bridgehead atoms. The van der Waals surface area contributed by atoms with Crippen molar-refractivity contribution < 1.29 is 9.59 Å². The summed E-state index contributed by atoms with van der Waals surface area (Å²) in [6, 6.07) is 0. The highest BCUT2D eigenvalue weighted by Gasteiger charge is 2.48. The number of unbranched alkanes of at least 4 members (excludes halogenated alkanes) is 3. The molecule has 0 aromatic heterocycles. The molecular formula is C21H39NO2. The predicted molar refractivity (Wildman–Crippen MR) is 101 cm³/mol. The molecule has 24 heavy (non-hydrogen) atoms. The first kappa shape index (κ1) is 21.2. The third-order valence-corrected chi connectivity index (χ3v) is 5.37. The number of carbonyl (C=O) groups excluding carboxylic acids is 2.